The average Bonchev–Trinajstić information content (AvgIpc) is 2.43. The highest BCUT2D eigenvalue weighted by molar-refractivity contribution is 5.76. The third kappa shape index (κ3) is 7.14. The number of carbonyl (C=O) groups excluding carboxylic acids is 1. The van der Waals surface area contributed by atoms with Crippen molar-refractivity contribution in [1.29, 1.82) is 0 Å². The molecule has 0 aliphatic carbocycles. The van der Waals surface area contributed by atoms with Crippen molar-refractivity contribution < 1.29 is 14.6 Å². The number of nitrogens with one attached hydrogen (secondary N) is 1. The molecule has 1 unspecified atom stereocenters. The van der Waals surface area contributed by atoms with Crippen molar-refractivity contribution in [3.63, 3.8) is 0 Å². The fourth-order valence-corrected chi connectivity index (χ4v) is 2.06. The van der Waals surface area contributed by atoms with Gasteiger partial charge < -0.3 is 15.2 Å². The van der Waals surface area contributed by atoms with Crippen LogP contribution in [0.25, 0.3) is 0 Å². The summed E-state index contributed by atoms with van der Waals surface area (Å²) in [5.41, 5.74) is -0.0566. The zero-order valence-electron chi connectivity index (χ0n) is 13.3. The van der Waals surface area contributed by atoms with Crippen molar-refractivity contribution in [1.82, 2.24) is 5.32 Å². The zero-order chi connectivity index (χ0) is 15.7. The Bertz CT molecular complexity index is 412. The molecule has 2 N–H and O–H groups in total. The Kier molecular flexibility index (Phi) is 7.23. The molecule has 1 amide bonds. The average molecular weight is 293 g/mol. The lowest BCUT2D eigenvalue weighted by atomic mass is 9.85. The lowest BCUT2D eigenvalue weighted by Crippen LogP contribution is -2.44. The second-order valence-corrected chi connectivity index (χ2v) is 6.26. The molecular weight excluding hydrogens is 266 g/mol. The van der Waals surface area contributed by atoms with Gasteiger partial charge in [0.15, 0.2) is 0 Å². The van der Waals surface area contributed by atoms with Gasteiger partial charge in [-0.2, -0.15) is 0 Å². The van der Waals surface area contributed by atoms with Crippen LogP contribution in [0.15, 0.2) is 30.3 Å². The largest absolute Gasteiger partial charge is 0.494 e. The molecule has 21 heavy (non-hydrogen) atoms. The Morgan fingerprint density at radius 3 is 2.52 bits per heavy atom. The molecule has 1 aromatic rings. The molecule has 1 atom stereocenters. The minimum atomic E-state index is -0.0566. The summed E-state index contributed by atoms with van der Waals surface area (Å²) in [6, 6.07) is 9.57. The van der Waals surface area contributed by atoms with Crippen LogP contribution in [-0.4, -0.2) is 30.3 Å². The normalized spacial score (nSPS) is 12.8. The molecule has 0 bridgehead atoms. The fraction of sp³-hybridized carbons (Fsp3) is 0.588. The van der Waals surface area contributed by atoms with E-state index >= 15 is 0 Å². The van der Waals surface area contributed by atoms with Crippen molar-refractivity contribution in [2.45, 2.75) is 46.1 Å². The first kappa shape index (κ1) is 17.5. The number of hydrogen-bond donors (Lipinski definition) is 2. The maximum Gasteiger partial charge on any atom is 0.220 e. The number of amides is 1. The quantitative estimate of drug-likeness (QED) is 0.725. The Morgan fingerprint density at radius 1 is 1.29 bits per heavy atom. The molecular formula is C17H27NO3. The summed E-state index contributed by atoms with van der Waals surface area (Å²) >= 11 is 0. The van der Waals surface area contributed by atoms with Gasteiger partial charge in [-0.25, -0.2) is 0 Å². The van der Waals surface area contributed by atoms with Crippen molar-refractivity contribution in [2.24, 2.45) is 5.41 Å². The van der Waals surface area contributed by atoms with E-state index in [-0.39, 0.29) is 24.0 Å². The molecule has 0 saturated heterocycles. The van der Waals surface area contributed by atoms with Gasteiger partial charge in [0.05, 0.1) is 6.61 Å². The molecule has 0 aliphatic rings. The van der Waals surface area contributed by atoms with Crippen LogP contribution in [-0.2, 0) is 4.79 Å². The number of rotatable bonds is 8. The lowest BCUT2D eigenvalue weighted by molar-refractivity contribution is -0.122. The molecule has 0 aliphatic heterocycles. The minimum absolute atomic E-state index is 0.00922. The van der Waals surface area contributed by atoms with Gasteiger partial charge in [-0.15, -0.1) is 0 Å². The van der Waals surface area contributed by atoms with E-state index in [4.69, 9.17) is 9.84 Å². The van der Waals surface area contributed by atoms with E-state index in [9.17, 15) is 4.79 Å². The highest BCUT2D eigenvalue weighted by atomic mass is 16.5. The minimum Gasteiger partial charge on any atom is -0.494 e. The van der Waals surface area contributed by atoms with Gasteiger partial charge >= 0.3 is 0 Å². The molecule has 0 heterocycles. The zero-order valence-corrected chi connectivity index (χ0v) is 13.3. The first-order chi connectivity index (χ1) is 9.93. The van der Waals surface area contributed by atoms with Crippen LogP contribution >= 0.6 is 0 Å². The second kappa shape index (κ2) is 8.67. The maximum absolute atomic E-state index is 11.9. The third-order valence-corrected chi connectivity index (χ3v) is 3.36. The van der Waals surface area contributed by atoms with Gasteiger partial charge in [0.1, 0.15) is 5.75 Å². The topological polar surface area (TPSA) is 58.6 Å². The standard InChI is InChI=1S/C17H27NO3/c1-17(2,3)15(11-12-19)18-16(20)10-7-13-21-14-8-5-4-6-9-14/h4-6,8-9,15,19H,7,10-13H2,1-3H3,(H,18,20). The summed E-state index contributed by atoms with van der Waals surface area (Å²) in [4.78, 5) is 11.9. The number of carbonyl (C=O) groups is 1. The third-order valence-electron chi connectivity index (χ3n) is 3.36. The number of aliphatic hydroxyl groups excluding tert-OH is 1. The molecule has 4 nitrogen and oxygen atoms in total. The smallest absolute Gasteiger partial charge is 0.220 e. The number of hydrogen-bond acceptors (Lipinski definition) is 3. The van der Waals surface area contributed by atoms with Crippen molar-refractivity contribution in [2.75, 3.05) is 13.2 Å². The molecule has 0 radical (unpaired) electrons. The van der Waals surface area contributed by atoms with Crippen LogP contribution in [0.3, 0.4) is 0 Å². The lowest BCUT2D eigenvalue weighted by Gasteiger charge is -2.31. The second-order valence-electron chi connectivity index (χ2n) is 6.26. The predicted molar refractivity (Wildman–Crippen MR) is 84.3 cm³/mol. The van der Waals surface area contributed by atoms with E-state index in [0.717, 1.165) is 5.75 Å². The van der Waals surface area contributed by atoms with Gasteiger partial charge in [-0.3, -0.25) is 4.79 Å². The van der Waals surface area contributed by atoms with Gasteiger partial charge in [-0.05, 0) is 30.4 Å². The fourth-order valence-electron chi connectivity index (χ4n) is 2.06. The highest BCUT2D eigenvalue weighted by Crippen LogP contribution is 2.21. The first-order valence-electron chi connectivity index (χ1n) is 7.51. The van der Waals surface area contributed by atoms with Crippen molar-refractivity contribution in [3.8, 4) is 5.75 Å². The number of para-hydroxylation sites is 1. The van der Waals surface area contributed by atoms with Gasteiger partial charge in [0.25, 0.3) is 0 Å². The van der Waals surface area contributed by atoms with Crippen LogP contribution in [0.4, 0.5) is 0 Å². The summed E-state index contributed by atoms with van der Waals surface area (Å²) in [5.74, 6) is 0.839. The Balaban J connectivity index is 2.27. The van der Waals surface area contributed by atoms with Crippen molar-refractivity contribution >= 4 is 5.91 Å². The SMILES string of the molecule is CC(C)(C)C(CCO)NC(=O)CCCOc1ccccc1. The molecule has 118 valence electrons. The monoisotopic (exact) mass is 293 g/mol. The van der Waals surface area contributed by atoms with Gasteiger partial charge in [0, 0.05) is 19.1 Å². The Hall–Kier alpha value is -1.55. The van der Waals surface area contributed by atoms with Crippen LogP contribution in [0.1, 0.15) is 40.0 Å². The van der Waals surface area contributed by atoms with Gasteiger partial charge in [-0.1, -0.05) is 39.0 Å². The summed E-state index contributed by atoms with van der Waals surface area (Å²) < 4.78 is 5.56. The summed E-state index contributed by atoms with van der Waals surface area (Å²) in [5, 5.41) is 12.1. The Labute approximate surface area is 127 Å². The number of aliphatic hydroxyl groups is 1. The van der Waals surface area contributed by atoms with Crippen LogP contribution < -0.4 is 10.1 Å². The van der Waals surface area contributed by atoms with Crippen LogP contribution in [0.5, 0.6) is 5.75 Å². The van der Waals surface area contributed by atoms with E-state index in [1.54, 1.807) is 0 Å². The van der Waals surface area contributed by atoms with Crippen LogP contribution in [0.2, 0.25) is 0 Å². The van der Waals surface area contributed by atoms with E-state index in [2.05, 4.69) is 26.1 Å². The van der Waals surface area contributed by atoms with Crippen molar-refractivity contribution in [3.05, 3.63) is 30.3 Å². The van der Waals surface area contributed by atoms with E-state index in [1.165, 1.54) is 0 Å². The molecule has 1 aromatic carbocycles. The predicted octanol–water partition coefficient (Wildman–Crippen LogP) is 2.76. The first-order valence-corrected chi connectivity index (χ1v) is 7.51. The maximum atomic E-state index is 11.9. The highest BCUT2D eigenvalue weighted by Gasteiger charge is 2.25. The van der Waals surface area contributed by atoms with E-state index in [1.807, 2.05) is 30.3 Å². The molecule has 0 spiro atoms. The molecule has 0 saturated carbocycles. The summed E-state index contributed by atoms with van der Waals surface area (Å²) in [6.45, 7) is 6.79. The molecule has 1 rings (SSSR count). The van der Waals surface area contributed by atoms with Gasteiger partial charge in [0.2, 0.25) is 5.91 Å². The van der Waals surface area contributed by atoms with E-state index in [0.29, 0.717) is 25.9 Å². The number of benzene rings is 1. The number of ether oxygens (including phenoxy) is 1. The molecule has 0 fully saturated rings. The van der Waals surface area contributed by atoms with E-state index < -0.39 is 0 Å². The summed E-state index contributed by atoms with van der Waals surface area (Å²) in [6.07, 6.45) is 1.69. The molecule has 4 heteroatoms. The summed E-state index contributed by atoms with van der Waals surface area (Å²) in [7, 11) is 0. The Morgan fingerprint density at radius 2 is 1.95 bits per heavy atom. The molecule has 0 aromatic heterocycles. The van der Waals surface area contributed by atoms with Crippen LogP contribution in [0, 0.1) is 5.41 Å².